The molecule has 1 spiro atoms. The van der Waals surface area contributed by atoms with Crippen LogP contribution in [0.2, 0.25) is 0 Å². The lowest BCUT2D eigenvalue weighted by Gasteiger charge is -2.40. The van der Waals surface area contributed by atoms with E-state index in [2.05, 4.69) is 28.6 Å². The van der Waals surface area contributed by atoms with Gasteiger partial charge in [-0.25, -0.2) is 4.98 Å². The van der Waals surface area contributed by atoms with Gasteiger partial charge in [0.05, 0.1) is 5.01 Å². The molecule has 2 aliphatic heterocycles. The van der Waals surface area contributed by atoms with E-state index in [1.165, 1.54) is 51.7 Å². The third kappa shape index (κ3) is 3.38. The van der Waals surface area contributed by atoms with Crippen LogP contribution in [0.1, 0.15) is 67.4 Å². The van der Waals surface area contributed by atoms with Crippen LogP contribution in [0, 0.1) is 11.3 Å². The minimum absolute atomic E-state index is 0.148. The summed E-state index contributed by atoms with van der Waals surface area (Å²) in [6.45, 7) is 9.85. The Hall–Kier alpha value is -0.940. The first kappa shape index (κ1) is 16.5. The molecule has 4 nitrogen and oxygen atoms in total. The van der Waals surface area contributed by atoms with Gasteiger partial charge in [0, 0.05) is 42.9 Å². The molecule has 0 N–H and O–H groups in total. The molecule has 5 heteroatoms. The number of likely N-dealkylation sites (tertiary alicyclic amines) is 2. The summed E-state index contributed by atoms with van der Waals surface area (Å²) >= 11 is 1.62. The number of hydrogen-bond donors (Lipinski definition) is 0. The smallest absolute Gasteiger partial charge is 0.273 e. The molecule has 132 valence electrons. The van der Waals surface area contributed by atoms with Crippen molar-refractivity contribution < 1.29 is 4.79 Å². The van der Waals surface area contributed by atoms with E-state index < -0.39 is 0 Å². The Balaban J connectivity index is 1.40. The zero-order valence-electron chi connectivity index (χ0n) is 15.0. The largest absolute Gasteiger partial charge is 0.337 e. The summed E-state index contributed by atoms with van der Waals surface area (Å²) in [5.74, 6) is 1.51. The van der Waals surface area contributed by atoms with Gasteiger partial charge in [0.15, 0.2) is 0 Å². The van der Waals surface area contributed by atoms with Crippen molar-refractivity contribution >= 4 is 17.2 Å². The number of thiazole rings is 1. The average molecular weight is 348 g/mol. The SMILES string of the molecule is CC(C)c1nc(C(=O)N2CC[C@]3(CCCN(CC4CC4)C3)C2)cs1. The maximum absolute atomic E-state index is 12.8. The minimum atomic E-state index is 0.148. The van der Waals surface area contributed by atoms with Crippen LogP contribution in [-0.4, -0.2) is 53.4 Å². The summed E-state index contributed by atoms with van der Waals surface area (Å²) in [4.78, 5) is 22.1. The van der Waals surface area contributed by atoms with Gasteiger partial charge in [0.2, 0.25) is 0 Å². The fraction of sp³-hybridized carbons (Fsp3) is 0.789. The van der Waals surface area contributed by atoms with Gasteiger partial charge in [-0.1, -0.05) is 13.8 Å². The lowest BCUT2D eigenvalue weighted by atomic mass is 9.79. The fourth-order valence-corrected chi connectivity index (χ4v) is 5.20. The highest BCUT2D eigenvalue weighted by Gasteiger charge is 2.43. The van der Waals surface area contributed by atoms with E-state index in [0.717, 1.165) is 24.0 Å². The van der Waals surface area contributed by atoms with Crippen molar-refractivity contribution in [3.05, 3.63) is 16.1 Å². The van der Waals surface area contributed by atoms with Crippen molar-refractivity contribution in [2.75, 3.05) is 32.7 Å². The Morgan fingerprint density at radius 1 is 1.33 bits per heavy atom. The van der Waals surface area contributed by atoms with E-state index in [1.54, 1.807) is 11.3 Å². The number of aromatic nitrogens is 1. The Kier molecular flexibility index (Phi) is 4.42. The summed E-state index contributed by atoms with van der Waals surface area (Å²) in [5.41, 5.74) is 1.01. The molecule has 1 atom stereocenters. The Morgan fingerprint density at radius 3 is 2.88 bits per heavy atom. The topological polar surface area (TPSA) is 36.4 Å². The Morgan fingerprint density at radius 2 is 2.17 bits per heavy atom. The molecule has 2 saturated heterocycles. The van der Waals surface area contributed by atoms with Gasteiger partial charge in [-0.05, 0) is 44.6 Å². The highest BCUT2D eigenvalue weighted by atomic mass is 32.1. The number of hydrogen-bond acceptors (Lipinski definition) is 4. The van der Waals surface area contributed by atoms with Crippen LogP contribution in [0.5, 0.6) is 0 Å². The summed E-state index contributed by atoms with van der Waals surface area (Å²) in [6, 6.07) is 0. The molecule has 1 amide bonds. The molecule has 4 rings (SSSR count). The lowest BCUT2D eigenvalue weighted by molar-refractivity contribution is 0.0677. The van der Waals surface area contributed by atoms with Crippen LogP contribution in [0.4, 0.5) is 0 Å². The van der Waals surface area contributed by atoms with Gasteiger partial charge in [-0.2, -0.15) is 0 Å². The minimum Gasteiger partial charge on any atom is -0.337 e. The summed E-state index contributed by atoms with van der Waals surface area (Å²) in [6.07, 6.45) is 6.60. The molecule has 0 unspecified atom stereocenters. The van der Waals surface area contributed by atoms with Crippen molar-refractivity contribution in [3.8, 4) is 0 Å². The number of piperidine rings is 1. The summed E-state index contributed by atoms with van der Waals surface area (Å²) < 4.78 is 0. The standard InChI is InChI=1S/C19H29N3OS/c1-14(2)17-20-16(11-24-17)18(23)22-9-7-19(13-22)6-3-8-21(12-19)10-15-4-5-15/h11,14-15H,3-10,12-13H2,1-2H3/t19-/m0/s1. The van der Waals surface area contributed by atoms with E-state index in [0.29, 0.717) is 17.0 Å². The van der Waals surface area contributed by atoms with Gasteiger partial charge in [-0.15, -0.1) is 11.3 Å². The number of carbonyl (C=O) groups excluding carboxylic acids is 1. The Bertz CT molecular complexity index is 610. The first-order chi connectivity index (χ1) is 11.5. The second kappa shape index (κ2) is 6.41. The predicted molar refractivity (Wildman–Crippen MR) is 97.6 cm³/mol. The quantitative estimate of drug-likeness (QED) is 0.835. The molecule has 0 aromatic carbocycles. The van der Waals surface area contributed by atoms with Crippen molar-refractivity contribution in [3.63, 3.8) is 0 Å². The monoisotopic (exact) mass is 347 g/mol. The van der Waals surface area contributed by atoms with E-state index in [1.807, 2.05) is 5.38 Å². The van der Waals surface area contributed by atoms with Gasteiger partial charge in [-0.3, -0.25) is 4.79 Å². The highest BCUT2D eigenvalue weighted by molar-refractivity contribution is 7.09. The molecule has 24 heavy (non-hydrogen) atoms. The summed E-state index contributed by atoms with van der Waals surface area (Å²) in [7, 11) is 0. The third-order valence-corrected chi connectivity index (χ3v) is 7.06. The van der Waals surface area contributed by atoms with Gasteiger partial charge in [0.1, 0.15) is 5.69 Å². The van der Waals surface area contributed by atoms with Crippen molar-refractivity contribution in [1.82, 2.24) is 14.8 Å². The average Bonchev–Trinajstić information content (AvgIpc) is 3.09. The van der Waals surface area contributed by atoms with E-state index in [9.17, 15) is 4.79 Å². The number of nitrogens with zero attached hydrogens (tertiary/aromatic N) is 3. The van der Waals surface area contributed by atoms with Crippen LogP contribution in [0.15, 0.2) is 5.38 Å². The molecule has 0 radical (unpaired) electrons. The second-order valence-electron chi connectivity index (χ2n) is 8.48. The van der Waals surface area contributed by atoms with Crippen molar-refractivity contribution in [2.45, 2.75) is 51.9 Å². The van der Waals surface area contributed by atoms with Crippen molar-refractivity contribution in [2.24, 2.45) is 11.3 Å². The molecule has 3 heterocycles. The highest BCUT2D eigenvalue weighted by Crippen LogP contribution is 2.41. The zero-order valence-corrected chi connectivity index (χ0v) is 15.8. The van der Waals surface area contributed by atoms with Gasteiger partial charge in [0.25, 0.3) is 5.91 Å². The molecular formula is C19H29N3OS. The van der Waals surface area contributed by atoms with E-state index >= 15 is 0 Å². The molecule has 3 aliphatic rings. The van der Waals surface area contributed by atoms with Crippen LogP contribution < -0.4 is 0 Å². The van der Waals surface area contributed by atoms with E-state index in [-0.39, 0.29) is 5.91 Å². The predicted octanol–water partition coefficient (Wildman–Crippen LogP) is 3.60. The molecule has 3 fully saturated rings. The van der Waals surface area contributed by atoms with Crippen LogP contribution >= 0.6 is 11.3 Å². The molecule has 1 aromatic heterocycles. The number of carbonyl (C=O) groups is 1. The number of amides is 1. The molecule has 1 saturated carbocycles. The second-order valence-corrected chi connectivity index (χ2v) is 9.37. The van der Waals surface area contributed by atoms with E-state index in [4.69, 9.17) is 0 Å². The molecule has 0 bridgehead atoms. The fourth-order valence-electron chi connectivity index (χ4n) is 4.39. The van der Waals surface area contributed by atoms with Crippen LogP contribution in [-0.2, 0) is 0 Å². The van der Waals surface area contributed by atoms with Gasteiger partial charge >= 0.3 is 0 Å². The van der Waals surface area contributed by atoms with Crippen LogP contribution in [0.25, 0.3) is 0 Å². The summed E-state index contributed by atoms with van der Waals surface area (Å²) in [5, 5.41) is 3.02. The number of rotatable bonds is 4. The zero-order chi connectivity index (χ0) is 16.7. The maximum atomic E-state index is 12.8. The third-order valence-electron chi connectivity index (χ3n) is 5.91. The maximum Gasteiger partial charge on any atom is 0.273 e. The normalized spacial score (nSPS) is 28.2. The first-order valence-corrected chi connectivity index (χ1v) is 10.4. The Labute approximate surface area is 149 Å². The van der Waals surface area contributed by atoms with Crippen molar-refractivity contribution in [1.29, 1.82) is 0 Å². The van der Waals surface area contributed by atoms with Crippen LogP contribution in [0.3, 0.4) is 0 Å². The molecular weight excluding hydrogens is 318 g/mol. The lowest BCUT2D eigenvalue weighted by Crippen LogP contribution is -2.46. The molecule has 1 aliphatic carbocycles. The molecule has 1 aromatic rings. The van der Waals surface area contributed by atoms with Gasteiger partial charge < -0.3 is 9.80 Å². The first-order valence-electron chi connectivity index (χ1n) is 9.52.